The van der Waals surface area contributed by atoms with E-state index in [1.807, 2.05) is 12.1 Å². The minimum Gasteiger partial charge on any atom is -0.381 e. The molecule has 0 bridgehead atoms. The first-order valence-electron chi connectivity index (χ1n) is 5.37. The van der Waals surface area contributed by atoms with E-state index in [1.54, 1.807) is 12.1 Å². The third kappa shape index (κ3) is 3.37. The van der Waals surface area contributed by atoms with Crippen molar-refractivity contribution < 1.29 is 0 Å². The second-order valence-electron chi connectivity index (χ2n) is 3.79. The maximum atomic E-state index is 8.79. The molecule has 0 amide bonds. The number of halogens is 2. The maximum absolute atomic E-state index is 8.79. The van der Waals surface area contributed by atoms with Crippen molar-refractivity contribution in [2.45, 2.75) is 6.54 Å². The zero-order valence-electron chi connectivity index (χ0n) is 9.45. The SMILES string of the molecule is N#Cc1ccc(NCc2ccc(I)cc2)cc1Cl. The predicted molar refractivity (Wildman–Crippen MR) is 82.7 cm³/mol. The summed E-state index contributed by atoms with van der Waals surface area (Å²) in [7, 11) is 0. The van der Waals surface area contributed by atoms with Gasteiger partial charge in [0.2, 0.25) is 0 Å². The summed E-state index contributed by atoms with van der Waals surface area (Å²) in [5, 5.41) is 12.5. The quantitative estimate of drug-likeness (QED) is 0.814. The summed E-state index contributed by atoms with van der Waals surface area (Å²) in [6.07, 6.45) is 0. The molecule has 4 heteroatoms. The molecule has 0 unspecified atom stereocenters. The van der Waals surface area contributed by atoms with Gasteiger partial charge in [-0.15, -0.1) is 0 Å². The van der Waals surface area contributed by atoms with Gasteiger partial charge in [0, 0.05) is 15.8 Å². The van der Waals surface area contributed by atoms with E-state index in [4.69, 9.17) is 16.9 Å². The summed E-state index contributed by atoms with van der Waals surface area (Å²) in [5.41, 5.74) is 2.62. The Balaban J connectivity index is 2.04. The zero-order chi connectivity index (χ0) is 13.0. The number of hydrogen-bond acceptors (Lipinski definition) is 2. The first-order chi connectivity index (χ1) is 8.69. The maximum Gasteiger partial charge on any atom is 0.101 e. The molecule has 2 rings (SSSR count). The summed E-state index contributed by atoms with van der Waals surface area (Å²) in [5.74, 6) is 0. The fourth-order valence-electron chi connectivity index (χ4n) is 1.52. The molecule has 2 aromatic rings. The Morgan fingerprint density at radius 2 is 1.89 bits per heavy atom. The minimum atomic E-state index is 0.477. The number of nitrogens with one attached hydrogen (secondary N) is 1. The van der Waals surface area contributed by atoms with Gasteiger partial charge in [0.05, 0.1) is 10.6 Å². The fraction of sp³-hybridized carbons (Fsp3) is 0.0714. The topological polar surface area (TPSA) is 35.8 Å². The van der Waals surface area contributed by atoms with Crippen LogP contribution >= 0.6 is 34.2 Å². The van der Waals surface area contributed by atoms with Crippen molar-refractivity contribution in [3.63, 3.8) is 0 Å². The molecule has 0 aliphatic heterocycles. The average Bonchev–Trinajstić information content (AvgIpc) is 2.38. The van der Waals surface area contributed by atoms with Crippen LogP contribution in [-0.4, -0.2) is 0 Å². The minimum absolute atomic E-state index is 0.477. The number of nitrogens with zero attached hydrogens (tertiary/aromatic N) is 1. The van der Waals surface area contributed by atoms with Crippen molar-refractivity contribution in [3.05, 3.63) is 62.2 Å². The fourth-order valence-corrected chi connectivity index (χ4v) is 2.10. The third-order valence-corrected chi connectivity index (χ3v) is 3.53. The van der Waals surface area contributed by atoms with E-state index >= 15 is 0 Å². The molecule has 0 spiro atoms. The highest BCUT2D eigenvalue weighted by atomic mass is 127. The number of hydrogen-bond donors (Lipinski definition) is 1. The van der Waals surface area contributed by atoms with Crippen molar-refractivity contribution in [1.82, 2.24) is 0 Å². The molecule has 0 fully saturated rings. The second-order valence-corrected chi connectivity index (χ2v) is 5.44. The molecule has 0 radical (unpaired) electrons. The van der Waals surface area contributed by atoms with Crippen LogP contribution in [0.25, 0.3) is 0 Å². The lowest BCUT2D eigenvalue weighted by molar-refractivity contribution is 1.15. The monoisotopic (exact) mass is 368 g/mol. The Bertz CT molecular complexity index is 588. The largest absolute Gasteiger partial charge is 0.381 e. The van der Waals surface area contributed by atoms with Crippen LogP contribution in [0.4, 0.5) is 5.69 Å². The molecule has 1 N–H and O–H groups in total. The van der Waals surface area contributed by atoms with Crippen molar-refractivity contribution in [2.24, 2.45) is 0 Å². The first-order valence-corrected chi connectivity index (χ1v) is 6.82. The Labute approximate surface area is 125 Å². The molecule has 0 aliphatic rings. The number of rotatable bonds is 3. The third-order valence-electron chi connectivity index (χ3n) is 2.50. The van der Waals surface area contributed by atoms with Gasteiger partial charge in [0.25, 0.3) is 0 Å². The van der Waals surface area contributed by atoms with Gasteiger partial charge in [0.1, 0.15) is 6.07 Å². The molecule has 18 heavy (non-hydrogen) atoms. The van der Waals surface area contributed by atoms with E-state index in [-0.39, 0.29) is 0 Å². The van der Waals surface area contributed by atoms with Gasteiger partial charge in [-0.25, -0.2) is 0 Å². The van der Waals surface area contributed by atoms with E-state index < -0.39 is 0 Å². The molecule has 0 aliphatic carbocycles. The molecule has 0 saturated carbocycles. The summed E-state index contributed by atoms with van der Waals surface area (Å²) in [4.78, 5) is 0. The van der Waals surface area contributed by atoms with Crippen molar-refractivity contribution >= 4 is 39.9 Å². The van der Waals surface area contributed by atoms with Gasteiger partial charge in [-0.05, 0) is 58.5 Å². The van der Waals surface area contributed by atoms with Gasteiger partial charge in [-0.2, -0.15) is 5.26 Å². The van der Waals surface area contributed by atoms with Crippen molar-refractivity contribution in [3.8, 4) is 6.07 Å². The highest BCUT2D eigenvalue weighted by Gasteiger charge is 2.00. The molecule has 0 atom stereocenters. The van der Waals surface area contributed by atoms with Crippen LogP contribution in [0, 0.1) is 14.9 Å². The first kappa shape index (κ1) is 13.2. The van der Waals surface area contributed by atoms with Gasteiger partial charge in [0.15, 0.2) is 0 Å². The number of anilines is 1. The predicted octanol–water partition coefficient (Wildman–Crippen LogP) is 4.43. The normalized spacial score (nSPS) is 9.83. The van der Waals surface area contributed by atoms with Crippen LogP contribution in [0.3, 0.4) is 0 Å². The Morgan fingerprint density at radius 1 is 1.17 bits per heavy atom. The van der Waals surface area contributed by atoms with Crippen LogP contribution in [0.2, 0.25) is 5.02 Å². The van der Waals surface area contributed by atoms with Gasteiger partial charge in [-0.3, -0.25) is 0 Å². The van der Waals surface area contributed by atoms with Crippen LogP contribution in [0.15, 0.2) is 42.5 Å². The van der Waals surface area contributed by atoms with Crippen LogP contribution in [0.1, 0.15) is 11.1 Å². The average molecular weight is 369 g/mol. The van der Waals surface area contributed by atoms with Gasteiger partial charge < -0.3 is 5.32 Å². The number of nitriles is 1. The van der Waals surface area contributed by atoms with E-state index in [9.17, 15) is 0 Å². The van der Waals surface area contributed by atoms with E-state index in [0.29, 0.717) is 10.6 Å². The second kappa shape index (κ2) is 6.07. The van der Waals surface area contributed by atoms with E-state index in [0.717, 1.165) is 12.2 Å². The summed E-state index contributed by atoms with van der Waals surface area (Å²) < 4.78 is 1.22. The molecular formula is C14H10ClIN2. The molecule has 0 heterocycles. The smallest absolute Gasteiger partial charge is 0.101 e. The number of benzene rings is 2. The van der Waals surface area contributed by atoms with Crippen molar-refractivity contribution in [2.75, 3.05) is 5.32 Å². The molecular weight excluding hydrogens is 359 g/mol. The van der Waals surface area contributed by atoms with Crippen LogP contribution in [-0.2, 0) is 6.54 Å². The van der Waals surface area contributed by atoms with Crippen LogP contribution < -0.4 is 5.32 Å². The zero-order valence-corrected chi connectivity index (χ0v) is 12.4. The lowest BCUT2D eigenvalue weighted by Crippen LogP contribution is -1.99. The van der Waals surface area contributed by atoms with E-state index in [2.05, 4.69) is 52.2 Å². The standard InChI is InChI=1S/C14H10ClIN2/c15-14-7-13(6-3-11(14)8-17)18-9-10-1-4-12(16)5-2-10/h1-7,18H,9H2. The molecule has 90 valence electrons. The van der Waals surface area contributed by atoms with Gasteiger partial charge in [-0.1, -0.05) is 23.7 Å². The Hall–Kier alpha value is -1.25. The summed E-state index contributed by atoms with van der Waals surface area (Å²) in [6, 6.07) is 15.7. The Morgan fingerprint density at radius 3 is 2.50 bits per heavy atom. The van der Waals surface area contributed by atoms with Crippen LogP contribution in [0.5, 0.6) is 0 Å². The Kier molecular flexibility index (Phi) is 4.45. The lowest BCUT2D eigenvalue weighted by Gasteiger charge is -2.07. The summed E-state index contributed by atoms with van der Waals surface area (Å²) in [6.45, 7) is 0.735. The molecule has 0 aromatic heterocycles. The van der Waals surface area contributed by atoms with Crippen molar-refractivity contribution in [1.29, 1.82) is 5.26 Å². The summed E-state index contributed by atoms with van der Waals surface area (Å²) >= 11 is 8.25. The highest BCUT2D eigenvalue weighted by molar-refractivity contribution is 14.1. The van der Waals surface area contributed by atoms with Gasteiger partial charge >= 0.3 is 0 Å². The highest BCUT2D eigenvalue weighted by Crippen LogP contribution is 2.20. The lowest BCUT2D eigenvalue weighted by atomic mass is 10.2. The molecule has 2 nitrogen and oxygen atoms in total. The van der Waals surface area contributed by atoms with E-state index in [1.165, 1.54) is 9.13 Å². The molecule has 0 saturated heterocycles. The molecule has 2 aromatic carbocycles.